The molecular formula is C23H37IN4O2. The van der Waals surface area contributed by atoms with E-state index in [0.717, 1.165) is 57.2 Å². The predicted octanol–water partition coefficient (Wildman–Crippen LogP) is 3.72. The largest absolute Gasteiger partial charge is 0.490 e. The van der Waals surface area contributed by atoms with Crippen LogP contribution in [-0.4, -0.2) is 49.0 Å². The molecule has 1 aliphatic carbocycles. The Labute approximate surface area is 198 Å². The van der Waals surface area contributed by atoms with Crippen LogP contribution in [0.5, 0.6) is 5.75 Å². The molecule has 7 heteroatoms. The molecule has 1 unspecified atom stereocenters. The number of carbonyl (C=O) groups is 1. The van der Waals surface area contributed by atoms with E-state index in [-0.39, 0.29) is 29.9 Å². The number of hydrogen-bond donors (Lipinski definition) is 2. The van der Waals surface area contributed by atoms with Crippen LogP contribution in [0.1, 0.15) is 57.4 Å². The number of benzene rings is 1. The van der Waals surface area contributed by atoms with Gasteiger partial charge in [-0.15, -0.1) is 24.0 Å². The molecular weight excluding hydrogens is 491 g/mol. The monoisotopic (exact) mass is 528 g/mol. The Kier molecular flexibility index (Phi) is 10.7. The van der Waals surface area contributed by atoms with Gasteiger partial charge in [-0.2, -0.15) is 0 Å². The van der Waals surface area contributed by atoms with Gasteiger partial charge in [-0.25, -0.2) is 0 Å². The van der Waals surface area contributed by atoms with Crippen molar-refractivity contribution in [1.82, 2.24) is 10.2 Å². The SMILES string of the molecule is CCNC(=NCCc1ccc(OC2CCCC2)cc1)N1CCCC(CC(N)=O)C1.I. The minimum atomic E-state index is -0.209. The lowest BCUT2D eigenvalue weighted by Crippen LogP contribution is -2.47. The van der Waals surface area contributed by atoms with E-state index in [2.05, 4.69) is 41.4 Å². The highest BCUT2D eigenvalue weighted by Gasteiger charge is 2.23. The van der Waals surface area contributed by atoms with Crippen LogP contribution in [0.3, 0.4) is 0 Å². The van der Waals surface area contributed by atoms with Crippen molar-refractivity contribution in [3.8, 4) is 5.75 Å². The fourth-order valence-corrected chi connectivity index (χ4v) is 4.36. The zero-order valence-electron chi connectivity index (χ0n) is 18.1. The summed E-state index contributed by atoms with van der Waals surface area (Å²) in [7, 11) is 0. The molecule has 0 bridgehead atoms. The fraction of sp³-hybridized carbons (Fsp3) is 0.652. The summed E-state index contributed by atoms with van der Waals surface area (Å²) in [4.78, 5) is 18.4. The molecule has 0 radical (unpaired) electrons. The molecule has 1 aromatic rings. The molecule has 1 aromatic carbocycles. The topological polar surface area (TPSA) is 80.0 Å². The highest BCUT2D eigenvalue weighted by atomic mass is 127. The third-order valence-corrected chi connectivity index (χ3v) is 5.83. The molecule has 1 saturated heterocycles. The number of guanidine groups is 1. The van der Waals surface area contributed by atoms with Gasteiger partial charge in [0.1, 0.15) is 5.75 Å². The molecule has 1 aliphatic heterocycles. The Morgan fingerprint density at radius 3 is 2.60 bits per heavy atom. The Morgan fingerprint density at radius 1 is 1.20 bits per heavy atom. The minimum absolute atomic E-state index is 0. The highest BCUT2D eigenvalue weighted by molar-refractivity contribution is 14.0. The van der Waals surface area contributed by atoms with Gasteiger partial charge in [0.15, 0.2) is 5.96 Å². The zero-order chi connectivity index (χ0) is 20.5. The first kappa shape index (κ1) is 24.8. The lowest BCUT2D eigenvalue weighted by Gasteiger charge is -2.34. The van der Waals surface area contributed by atoms with Crippen LogP contribution >= 0.6 is 24.0 Å². The van der Waals surface area contributed by atoms with Gasteiger partial charge in [-0.3, -0.25) is 9.79 Å². The number of halogens is 1. The Hall–Kier alpha value is -1.51. The molecule has 0 spiro atoms. The molecule has 168 valence electrons. The van der Waals surface area contributed by atoms with Gasteiger partial charge in [0.2, 0.25) is 5.91 Å². The smallest absolute Gasteiger partial charge is 0.217 e. The van der Waals surface area contributed by atoms with Crippen LogP contribution in [-0.2, 0) is 11.2 Å². The molecule has 1 atom stereocenters. The molecule has 1 heterocycles. The maximum atomic E-state index is 11.3. The van der Waals surface area contributed by atoms with Crippen molar-refractivity contribution < 1.29 is 9.53 Å². The van der Waals surface area contributed by atoms with Gasteiger partial charge in [0.05, 0.1) is 6.10 Å². The lowest BCUT2D eigenvalue weighted by atomic mass is 9.95. The van der Waals surface area contributed by atoms with Crippen LogP contribution in [0.2, 0.25) is 0 Å². The summed E-state index contributed by atoms with van der Waals surface area (Å²) in [5.74, 6) is 2.05. The third kappa shape index (κ3) is 7.96. The number of ether oxygens (including phenoxy) is 1. The number of aliphatic imine (C=N–C) groups is 1. The van der Waals surface area contributed by atoms with E-state index in [1.165, 1.54) is 31.2 Å². The van der Waals surface area contributed by atoms with E-state index >= 15 is 0 Å². The van der Waals surface area contributed by atoms with Crippen LogP contribution < -0.4 is 15.8 Å². The number of nitrogens with one attached hydrogen (secondary N) is 1. The van der Waals surface area contributed by atoms with E-state index in [0.29, 0.717) is 18.4 Å². The molecule has 2 fully saturated rings. The first-order valence-corrected chi connectivity index (χ1v) is 11.2. The molecule has 3 N–H and O–H groups in total. The number of hydrogen-bond acceptors (Lipinski definition) is 3. The molecule has 6 nitrogen and oxygen atoms in total. The Bertz CT molecular complexity index is 674. The van der Waals surface area contributed by atoms with Gasteiger partial charge < -0.3 is 20.7 Å². The maximum Gasteiger partial charge on any atom is 0.217 e. The van der Waals surface area contributed by atoms with E-state index in [1.54, 1.807) is 0 Å². The Balaban J connectivity index is 0.00000320. The first-order valence-electron chi connectivity index (χ1n) is 11.2. The summed E-state index contributed by atoms with van der Waals surface area (Å²) in [6, 6.07) is 8.47. The summed E-state index contributed by atoms with van der Waals surface area (Å²) < 4.78 is 6.04. The van der Waals surface area contributed by atoms with Gasteiger partial charge >= 0.3 is 0 Å². The molecule has 30 heavy (non-hydrogen) atoms. The van der Waals surface area contributed by atoms with Gasteiger partial charge in [-0.05, 0) is 75.5 Å². The average Bonchev–Trinajstić information content (AvgIpc) is 3.21. The lowest BCUT2D eigenvalue weighted by molar-refractivity contribution is -0.119. The van der Waals surface area contributed by atoms with Crippen LogP contribution in [0.15, 0.2) is 29.3 Å². The maximum absolute atomic E-state index is 11.3. The standard InChI is InChI=1S/C23H36N4O2.HI/c1-2-25-23(27-15-5-6-19(17-27)16-22(24)28)26-14-13-18-9-11-21(12-10-18)29-20-7-3-4-8-20;/h9-12,19-20H,2-8,13-17H2,1H3,(H2,24,28)(H,25,26);1H. The van der Waals surface area contributed by atoms with E-state index < -0.39 is 0 Å². The molecule has 0 aromatic heterocycles. The number of nitrogens with zero attached hydrogens (tertiary/aromatic N) is 2. The number of primary amides is 1. The number of rotatable bonds is 8. The quantitative estimate of drug-likeness (QED) is 0.306. The van der Waals surface area contributed by atoms with Crippen LogP contribution in [0.25, 0.3) is 0 Å². The molecule has 1 amide bonds. The van der Waals surface area contributed by atoms with E-state index in [9.17, 15) is 4.79 Å². The molecule has 1 saturated carbocycles. The van der Waals surface area contributed by atoms with Crippen molar-refractivity contribution in [3.05, 3.63) is 29.8 Å². The van der Waals surface area contributed by atoms with Crippen molar-refractivity contribution in [1.29, 1.82) is 0 Å². The summed E-state index contributed by atoms with van der Waals surface area (Å²) >= 11 is 0. The fourth-order valence-electron chi connectivity index (χ4n) is 4.36. The Morgan fingerprint density at radius 2 is 1.93 bits per heavy atom. The summed E-state index contributed by atoms with van der Waals surface area (Å²) in [5, 5.41) is 3.40. The minimum Gasteiger partial charge on any atom is -0.490 e. The van der Waals surface area contributed by atoms with Crippen molar-refractivity contribution in [2.24, 2.45) is 16.6 Å². The van der Waals surface area contributed by atoms with Gasteiger partial charge in [-0.1, -0.05) is 12.1 Å². The van der Waals surface area contributed by atoms with Crippen molar-refractivity contribution in [3.63, 3.8) is 0 Å². The summed E-state index contributed by atoms with van der Waals surface area (Å²) in [6.07, 6.45) is 8.84. The second kappa shape index (κ2) is 13.0. The van der Waals surface area contributed by atoms with Crippen molar-refractivity contribution >= 4 is 35.8 Å². The number of amides is 1. The average molecular weight is 528 g/mol. The predicted molar refractivity (Wildman–Crippen MR) is 133 cm³/mol. The number of likely N-dealkylation sites (tertiary alicyclic amines) is 1. The summed E-state index contributed by atoms with van der Waals surface area (Å²) in [6.45, 7) is 5.49. The molecule has 2 aliphatic rings. The number of carbonyl (C=O) groups excluding carboxylic acids is 1. The number of piperidine rings is 1. The second-order valence-electron chi connectivity index (χ2n) is 8.28. The normalized spacial score (nSPS) is 20.0. The van der Waals surface area contributed by atoms with Gasteiger partial charge in [0, 0.05) is 32.6 Å². The number of nitrogens with two attached hydrogens (primary N) is 1. The van der Waals surface area contributed by atoms with E-state index in [4.69, 9.17) is 15.5 Å². The molecule has 3 rings (SSSR count). The zero-order valence-corrected chi connectivity index (χ0v) is 20.5. The van der Waals surface area contributed by atoms with Crippen LogP contribution in [0.4, 0.5) is 0 Å². The van der Waals surface area contributed by atoms with Gasteiger partial charge in [0.25, 0.3) is 0 Å². The summed E-state index contributed by atoms with van der Waals surface area (Å²) in [5.41, 5.74) is 6.66. The second-order valence-corrected chi connectivity index (χ2v) is 8.28. The van der Waals surface area contributed by atoms with E-state index in [1.807, 2.05) is 0 Å². The van der Waals surface area contributed by atoms with Crippen molar-refractivity contribution in [2.75, 3.05) is 26.2 Å². The van der Waals surface area contributed by atoms with Crippen LogP contribution in [0, 0.1) is 5.92 Å². The highest BCUT2D eigenvalue weighted by Crippen LogP contribution is 2.24. The third-order valence-electron chi connectivity index (χ3n) is 5.83. The first-order chi connectivity index (χ1) is 14.1. The van der Waals surface area contributed by atoms with Crippen molar-refractivity contribution in [2.45, 2.75) is 64.4 Å².